The standard InChI is InChI=1S/C10H17N3O2/c1-7-9(13-15-12-7)6-14-10-4-2-3-8(10)5-11/h8,10H,2-6,11H2,1H3. The molecule has 84 valence electrons. The van der Waals surface area contributed by atoms with Gasteiger partial charge in [0.25, 0.3) is 0 Å². The zero-order valence-electron chi connectivity index (χ0n) is 8.98. The van der Waals surface area contributed by atoms with Crippen LogP contribution in [0.25, 0.3) is 0 Å². The van der Waals surface area contributed by atoms with Crippen molar-refractivity contribution in [3.05, 3.63) is 11.4 Å². The highest BCUT2D eigenvalue weighted by molar-refractivity contribution is 5.02. The Morgan fingerprint density at radius 2 is 2.33 bits per heavy atom. The maximum Gasteiger partial charge on any atom is 0.133 e. The summed E-state index contributed by atoms with van der Waals surface area (Å²) in [5, 5.41) is 7.50. The lowest BCUT2D eigenvalue weighted by molar-refractivity contribution is 0.0152. The molecule has 0 spiro atoms. The molecule has 0 radical (unpaired) electrons. The zero-order valence-corrected chi connectivity index (χ0v) is 8.98. The summed E-state index contributed by atoms with van der Waals surface area (Å²) in [5.41, 5.74) is 7.27. The molecule has 0 bridgehead atoms. The van der Waals surface area contributed by atoms with Crippen LogP contribution in [0, 0.1) is 12.8 Å². The quantitative estimate of drug-likeness (QED) is 0.804. The normalized spacial score (nSPS) is 26.0. The summed E-state index contributed by atoms with van der Waals surface area (Å²) < 4.78 is 10.4. The largest absolute Gasteiger partial charge is 0.371 e. The topological polar surface area (TPSA) is 74.2 Å². The summed E-state index contributed by atoms with van der Waals surface area (Å²) in [6, 6.07) is 0. The van der Waals surface area contributed by atoms with Crippen molar-refractivity contribution in [3.63, 3.8) is 0 Å². The van der Waals surface area contributed by atoms with E-state index in [9.17, 15) is 0 Å². The third-order valence-electron chi connectivity index (χ3n) is 3.07. The van der Waals surface area contributed by atoms with Crippen LogP contribution in [0.5, 0.6) is 0 Å². The van der Waals surface area contributed by atoms with Crippen molar-refractivity contribution in [2.45, 2.75) is 38.9 Å². The van der Waals surface area contributed by atoms with Gasteiger partial charge in [0.05, 0.1) is 12.7 Å². The number of aromatic nitrogens is 2. The Labute approximate surface area is 88.9 Å². The average Bonchev–Trinajstić information content (AvgIpc) is 2.83. The maximum absolute atomic E-state index is 5.79. The molecule has 2 rings (SSSR count). The van der Waals surface area contributed by atoms with E-state index in [1.165, 1.54) is 12.8 Å². The van der Waals surface area contributed by atoms with Crippen LogP contribution in [0.15, 0.2) is 4.63 Å². The molecule has 5 heteroatoms. The van der Waals surface area contributed by atoms with Crippen LogP contribution in [0.2, 0.25) is 0 Å². The van der Waals surface area contributed by atoms with Gasteiger partial charge in [-0.1, -0.05) is 16.7 Å². The molecular formula is C10H17N3O2. The maximum atomic E-state index is 5.79. The molecule has 1 aromatic rings. The van der Waals surface area contributed by atoms with Crippen LogP contribution in [0.3, 0.4) is 0 Å². The zero-order chi connectivity index (χ0) is 10.7. The first-order valence-electron chi connectivity index (χ1n) is 5.41. The van der Waals surface area contributed by atoms with E-state index in [0.29, 0.717) is 19.1 Å². The highest BCUT2D eigenvalue weighted by atomic mass is 16.6. The lowest BCUT2D eigenvalue weighted by Gasteiger charge is -2.17. The molecule has 0 aliphatic heterocycles. The van der Waals surface area contributed by atoms with Gasteiger partial charge in [0.1, 0.15) is 11.4 Å². The summed E-state index contributed by atoms with van der Waals surface area (Å²) in [5.74, 6) is 0.505. The Hall–Kier alpha value is -0.940. The molecule has 15 heavy (non-hydrogen) atoms. The minimum absolute atomic E-state index is 0.283. The molecule has 1 aromatic heterocycles. The Kier molecular flexibility index (Phi) is 3.33. The predicted octanol–water partition coefficient (Wildman–Crippen LogP) is 1.02. The van der Waals surface area contributed by atoms with E-state index in [4.69, 9.17) is 10.5 Å². The van der Waals surface area contributed by atoms with Crippen LogP contribution in [0.4, 0.5) is 0 Å². The van der Waals surface area contributed by atoms with Gasteiger partial charge in [-0.25, -0.2) is 4.63 Å². The van der Waals surface area contributed by atoms with Gasteiger partial charge < -0.3 is 10.5 Å². The van der Waals surface area contributed by atoms with E-state index in [0.717, 1.165) is 17.8 Å². The smallest absolute Gasteiger partial charge is 0.133 e. The Morgan fingerprint density at radius 3 is 3.00 bits per heavy atom. The van der Waals surface area contributed by atoms with Crippen LogP contribution in [-0.2, 0) is 11.3 Å². The molecule has 1 heterocycles. The molecule has 2 atom stereocenters. The minimum atomic E-state index is 0.283. The molecule has 0 saturated heterocycles. The van der Waals surface area contributed by atoms with Gasteiger partial charge >= 0.3 is 0 Å². The molecule has 1 fully saturated rings. The third kappa shape index (κ3) is 2.35. The Bertz CT molecular complexity index is 313. The number of hydrogen-bond donors (Lipinski definition) is 1. The Morgan fingerprint density at radius 1 is 1.47 bits per heavy atom. The lowest BCUT2D eigenvalue weighted by atomic mass is 10.1. The first-order valence-corrected chi connectivity index (χ1v) is 5.41. The van der Waals surface area contributed by atoms with Gasteiger partial charge in [0.2, 0.25) is 0 Å². The number of aryl methyl sites for hydroxylation is 1. The van der Waals surface area contributed by atoms with Gasteiger partial charge in [-0.3, -0.25) is 0 Å². The van der Waals surface area contributed by atoms with Crippen LogP contribution in [-0.4, -0.2) is 23.0 Å². The average molecular weight is 211 g/mol. The van der Waals surface area contributed by atoms with Crippen molar-refractivity contribution in [1.29, 1.82) is 0 Å². The molecule has 0 amide bonds. The van der Waals surface area contributed by atoms with E-state index in [2.05, 4.69) is 14.9 Å². The summed E-state index contributed by atoms with van der Waals surface area (Å²) in [6.07, 6.45) is 3.78. The molecule has 1 aliphatic rings. The van der Waals surface area contributed by atoms with E-state index in [1.54, 1.807) is 0 Å². The van der Waals surface area contributed by atoms with Crippen LogP contribution in [0.1, 0.15) is 30.7 Å². The summed E-state index contributed by atoms with van der Waals surface area (Å²) in [7, 11) is 0. The van der Waals surface area contributed by atoms with Gasteiger partial charge in [0.15, 0.2) is 0 Å². The van der Waals surface area contributed by atoms with Gasteiger partial charge in [-0.05, 0) is 32.2 Å². The molecular weight excluding hydrogens is 194 g/mol. The fourth-order valence-corrected chi connectivity index (χ4v) is 2.06. The van der Waals surface area contributed by atoms with E-state index >= 15 is 0 Å². The van der Waals surface area contributed by atoms with Crippen LogP contribution < -0.4 is 5.73 Å². The second-order valence-corrected chi connectivity index (χ2v) is 4.07. The summed E-state index contributed by atoms with van der Waals surface area (Å²) >= 11 is 0. The Balaban J connectivity index is 1.85. The highest BCUT2D eigenvalue weighted by Gasteiger charge is 2.27. The van der Waals surface area contributed by atoms with Gasteiger partial charge in [-0.15, -0.1) is 0 Å². The van der Waals surface area contributed by atoms with E-state index in [1.807, 2.05) is 6.92 Å². The van der Waals surface area contributed by atoms with E-state index in [-0.39, 0.29) is 6.10 Å². The molecule has 2 N–H and O–H groups in total. The van der Waals surface area contributed by atoms with Crippen molar-refractivity contribution in [2.24, 2.45) is 11.7 Å². The molecule has 0 aromatic carbocycles. The second kappa shape index (κ2) is 4.72. The number of nitrogens with zero attached hydrogens (tertiary/aromatic N) is 2. The van der Waals surface area contributed by atoms with Crippen molar-refractivity contribution in [3.8, 4) is 0 Å². The number of ether oxygens (including phenoxy) is 1. The van der Waals surface area contributed by atoms with Gasteiger partial charge in [-0.2, -0.15) is 0 Å². The molecule has 1 saturated carbocycles. The fraction of sp³-hybridized carbons (Fsp3) is 0.800. The molecule has 5 nitrogen and oxygen atoms in total. The number of hydrogen-bond acceptors (Lipinski definition) is 5. The summed E-state index contributed by atoms with van der Waals surface area (Å²) in [6.45, 7) is 3.06. The highest BCUT2D eigenvalue weighted by Crippen LogP contribution is 2.28. The van der Waals surface area contributed by atoms with Crippen molar-refractivity contribution < 1.29 is 9.37 Å². The van der Waals surface area contributed by atoms with Gasteiger partial charge in [0, 0.05) is 0 Å². The van der Waals surface area contributed by atoms with Crippen molar-refractivity contribution >= 4 is 0 Å². The van der Waals surface area contributed by atoms with Crippen LogP contribution >= 0.6 is 0 Å². The second-order valence-electron chi connectivity index (χ2n) is 4.07. The van der Waals surface area contributed by atoms with Crippen molar-refractivity contribution in [1.82, 2.24) is 10.3 Å². The monoisotopic (exact) mass is 211 g/mol. The van der Waals surface area contributed by atoms with E-state index < -0.39 is 0 Å². The molecule has 1 aliphatic carbocycles. The fourth-order valence-electron chi connectivity index (χ4n) is 2.06. The molecule has 2 unspecified atom stereocenters. The lowest BCUT2D eigenvalue weighted by Crippen LogP contribution is -2.25. The minimum Gasteiger partial charge on any atom is -0.371 e. The number of rotatable bonds is 4. The first-order chi connectivity index (χ1) is 7.31. The SMILES string of the molecule is Cc1nonc1COC1CCCC1CN. The first kappa shape index (κ1) is 10.6. The predicted molar refractivity (Wildman–Crippen MR) is 54.0 cm³/mol. The number of nitrogens with two attached hydrogens (primary N) is 1. The van der Waals surface area contributed by atoms with Crippen molar-refractivity contribution in [2.75, 3.05) is 6.54 Å². The third-order valence-corrected chi connectivity index (χ3v) is 3.07. The summed E-state index contributed by atoms with van der Waals surface area (Å²) in [4.78, 5) is 0.